The predicted octanol–water partition coefficient (Wildman–Crippen LogP) is 3.53. The zero-order chi connectivity index (χ0) is 14.5. The van der Waals surface area contributed by atoms with Crippen molar-refractivity contribution in [2.24, 2.45) is 5.73 Å². The van der Waals surface area contributed by atoms with Crippen molar-refractivity contribution in [3.8, 4) is 0 Å². The number of fused-ring (bicyclic) bond motifs is 1. The Balaban J connectivity index is 2.30. The molecular weight excluding hydrogens is 253 g/mol. The van der Waals surface area contributed by atoms with Gasteiger partial charge in [-0.15, -0.1) is 0 Å². The van der Waals surface area contributed by atoms with Gasteiger partial charge in [-0.05, 0) is 38.8 Å². The Hall–Kier alpha value is -1.42. The maximum Gasteiger partial charge on any atom is 0.151 e. The lowest BCUT2D eigenvalue weighted by Gasteiger charge is -2.30. The van der Waals surface area contributed by atoms with Crippen molar-refractivity contribution < 1.29 is 4.39 Å². The fourth-order valence-corrected chi connectivity index (χ4v) is 3.48. The van der Waals surface area contributed by atoms with E-state index in [1.54, 1.807) is 6.07 Å². The molecule has 2 aromatic rings. The molecule has 2 unspecified atom stereocenters. The molecule has 2 atom stereocenters. The number of aromatic nitrogens is 2. The number of nitrogens with two attached hydrogens (primary N) is 1. The standard InChI is InChI=1S/C16H22FN3/c1-10(2)20-12-7-4-6-11(17)14(12)19-15(20)16(3)9-5-8-13(16)18/h4,6-7,10,13H,5,8-9,18H2,1-3H3. The highest BCUT2D eigenvalue weighted by molar-refractivity contribution is 5.77. The molecule has 1 aliphatic rings. The van der Waals surface area contributed by atoms with Gasteiger partial charge in [0.25, 0.3) is 0 Å². The van der Waals surface area contributed by atoms with Crippen molar-refractivity contribution in [3.63, 3.8) is 0 Å². The van der Waals surface area contributed by atoms with Crippen LogP contribution < -0.4 is 5.73 Å². The normalized spacial score (nSPS) is 26.8. The molecular formula is C16H22FN3. The molecule has 1 heterocycles. The Morgan fingerprint density at radius 3 is 2.80 bits per heavy atom. The van der Waals surface area contributed by atoms with E-state index in [9.17, 15) is 4.39 Å². The molecule has 0 aliphatic heterocycles. The SMILES string of the molecule is CC(C)n1c(C2(C)CCCC2N)nc2c(F)cccc21. The Labute approximate surface area is 119 Å². The van der Waals surface area contributed by atoms with E-state index in [0.29, 0.717) is 5.52 Å². The van der Waals surface area contributed by atoms with Crippen LogP contribution in [-0.2, 0) is 5.41 Å². The largest absolute Gasteiger partial charge is 0.327 e. The summed E-state index contributed by atoms with van der Waals surface area (Å²) in [6.07, 6.45) is 3.15. The molecule has 1 aliphatic carbocycles. The van der Waals surface area contributed by atoms with Gasteiger partial charge in [-0.1, -0.05) is 19.4 Å². The summed E-state index contributed by atoms with van der Waals surface area (Å²) in [4.78, 5) is 4.65. The van der Waals surface area contributed by atoms with Crippen LogP contribution in [0.15, 0.2) is 18.2 Å². The van der Waals surface area contributed by atoms with Gasteiger partial charge in [0.2, 0.25) is 0 Å². The third-order valence-corrected chi connectivity index (χ3v) is 4.73. The number of hydrogen-bond acceptors (Lipinski definition) is 2. The molecule has 0 spiro atoms. The van der Waals surface area contributed by atoms with Crippen LogP contribution in [0.1, 0.15) is 51.9 Å². The van der Waals surface area contributed by atoms with Gasteiger partial charge in [-0.2, -0.15) is 0 Å². The van der Waals surface area contributed by atoms with E-state index < -0.39 is 0 Å². The summed E-state index contributed by atoms with van der Waals surface area (Å²) >= 11 is 0. The summed E-state index contributed by atoms with van der Waals surface area (Å²) in [6, 6.07) is 5.50. The Morgan fingerprint density at radius 1 is 1.45 bits per heavy atom. The molecule has 3 nitrogen and oxygen atoms in total. The average Bonchev–Trinajstić information content (AvgIpc) is 2.93. The molecule has 0 bridgehead atoms. The highest BCUT2D eigenvalue weighted by Gasteiger charge is 2.42. The lowest BCUT2D eigenvalue weighted by molar-refractivity contribution is 0.378. The summed E-state index contributed by atoms with van der Waals surface area (Å²) in [7, 11) is 0. The van der Waals surface area contributed by atoms with Crippen LogP contribution in [0.2, 0.25) is 0 Å². The van der Waals surface area contributed by atoms with Crippen molar-refractivity contribution >= 4 is 11.0 Å². The highest BCUT2D eigenvalue weighted by atomic mass is 19.1. The minimum absolute atomic E-state index is 0.0971. The van der Waals surface area contributed by atoms with Gasteiger partial charge in [0, 0.05) is 17.5 Å². The van der Waals surface area contributed by atoms with E-state index in [0.717, 1.165) is 30.6 Å². The van der Waals surface area contributed by atoms with E-state index in [4.69, 9.17) is 5.73 Å². The van der Waals surface area contributed by atoms with Crippen LogP contribution in [0.3, 0.4) is 0 Å². The second kappa shape index (κ2) is 4.55. The summed E-state index contributed by atoms with van der Waals surface area (Å²) < 4.78 is 16.2. The number of imidazole rings is 1. The van der Waals surface area contributed by atoms with Gasteiger partial charge in [-0.3, -0.25) is 0 Å². The molecule has 0 amide bonds. The van der Waals surface area contributed by atoms with E-state index in [-0.39, 0.29) is 23.3 Å². The first kappa shape index (κ1) is 13.6. The fraction of sp³-hybridized carbons (Fsp3) is 0.562. The molecule has 0 radical (unpaired) electrons. The van der Waals surface area contributed by atoms with Gasteiger partial charge in [0.1, 0.15) is 11.3 Å². The molecule has 108 valence electrons. The second-order valence-corrected chi connectivity index (χ2v) is 6.42. The minimum atomic E-state index is -0.252. The first-order valence-electron chi connectivity index (χ1n) is 7.37. The van der Waals surface area contributed by atoms with Crippen LogP contribution in [0.5, 0.6) is 0 Å². The maximum absolute atomic E-state index is 14.0. The van der Waals surface area contributed by atoms with Crippen molar-refractivity contribution in [2.75, 3.05) is 0 Å². The Bertz CT molecular complexity index is 646. The lowest BCUT2D eigenvalue weighted by atomic mass is 9.84. The summed E-state index contributed by atoms with van der Waals surface area (Å²) in [6.45, 7) is 6.39. The van der Waals surface area contributed by atoms with E-state index in [2.05, 4.69) is 30.3 Å². The fourth-order valence-electron chi connectivity index (χ4n) is 3.48. The molecule has 20 heavy (non-hydrogen) atoms. The minimum Gasteiger partial charge on any atom is -0.327 e. The van der Waals surface area contributed by atoms with Gasteiger partial charge in [0.15, 0.2) is 5.82 Å². The van der Waals surface area contributed by atoms with Crippen LogP contribution in [0, 0.1) is 5.82 Å². The van der Waals surface area contributed by atoms with Gasteiger partial charge in [0.05, 0.1) is 5.52 Å². The molecule has 1 fully saturated rings. The average molecular weight is 275 g/mol. The van der Waals surface area contributed by atoms with Crippen molar-refractivity contribution in [2.45, 2.75) is 57.5 Å². The number of para-hydroxylation sites is 1. The summed E-state index contributed by atoms with van der Waals surface area (Å²) in [5.74, 6) is 0.691. The number of nitrogens with zero attached hydrogens (tertiary/aromatic N) is 2. The summed E-state index contributed by atoms with van der Waals surface area (Å²) in [5.41, 5.74) is 7.51. The summed E-state index contributed by atoms with van der Waals surface area (Å²) in [5, 5.41) is 0. The first-order valence-corrected chi connectivity index (χ1v) is 7.37. The van der Waals surface area contributed by atoms with E-state index >= 15 is 0 Å². The third kappa shape index (κ3) is 1.78. The van der Waals surface area contributed by atoms with Crippen LogP contribution in [-0.4, -0.2) is 15.6 Å². The third-order valence-electron chi connectivity index (χ3n) is 4.73. The van der Waals surface area contributed by atoms with Crippen LogP contribution in [0.25, 0.3) is 11.0 Å². The molecule has 3 rings (SSSR count). The van der Waals surface area contributed by atoms with Crippen molar-refractivity contribution in [1.82, 2.24) is 9.55 Å². The van der Waals surface area contributed by atoms with Crippen molar-refractivity contribution in [1.29, 1.82) is 0 Å². The molecule has 1 aromatic heterocycles. The molecule has 0 saturated heterocycles. The van der Waals surface area contributed by atoms with E-state index in [1.807, 2.05) is 6.07 Å². The van der Waals surface area contributed by atoms with Gasteiger partial charge in [-0.25, -0.2) is 9.37 Å². The smallest absolute Gasteiger partial charge is 0.151 e. The first-order chi connectivity index (χ1) is 9.45. The zero-order valence-corrected chi connectivity index (χ0v) is 12.4. The topological polar surface area (TPSA) is 43.8 Å². The molecule has 2 N–H and O–H groups in total. The number of rotatable bonds is 2. The highest BCUT2D eigenvalue weighted by Crippen LogP contribution is 2.41. The quantitative estimate of drug-likeness (QED) is 0.911. The number of halogens is 1. The number of hydrogen-bond donors (Lipinski definition) is 1. The van der Waals surface area contributed by atoms with Gasteiger partial charge >= 0.3 is 0 Å². The van der Waals surface area contributed by atoms with Crippen LogP contribution in [0.4, 0.5) is 4.39 Å². The molecule has 4 heteroatoms. The molecule has 1 saturated carbocycles. The lowest BCUT2D eigenvalue weighted by Crippen LogP contribution is -2.40. The van der Waals surface area contributed by atoms with E-state index in [1.165, 1.54) is 6.07 Å². The number of benzene rings is 1. The van der Waals surface area contributed by atoms with Crippen LogP contribution >= 0.6 is 0 Å². The maximum atomic E-state index is 14.0. The molecule has 1 aromatic carbocycles. The Kier molecular flexibility index (Phi) is 3.09. The Morgan fingerprint density at radius 2 is 2.20 bits per heavy atom. The monoisotopic (exact) mass is 275 g/mol. The predicted molar refractivity (Wildman–Crippen MR) is 79.3 cm³/mol. The van der Waals surface area contributed by atoms with Crippen molar-refractivity contribution in [3.05, 3.63) is 29.8 Å². The zero-order valence-electron chi connectivity index (χ0n) is 12.4. The van der Waals surface area contributed by atoms with Gasteiger partial charge < -0.3 is 10.3 Å². The second-order valence-electron chi connectivity index (χ2n) is 6.42.